The Morgan fingerprint density at radius 3 is 2.53 bits per heavy atom. The van der Waals surface area contributed by atoms with Crippen LogP contribution in [0.15, 0.2) is 12.2 Å². The van der Waals surface area contributed by atoms with E-state index in [9.17, 15) is 4.79 Å². The van der Waals surface area contributed by atoms with Crippen LogP contribution in [0.3, 0.4) is 0 Å². The molecule has 0 aliphatic rings. The Kier molecular flexibility index (Phi) is 8.01. The van der Waals surface area contributed by atoms with Gasteiger partial charge in [-0.2, -0.15) is 0 Å². The lowest BCUT2D eigenvalue weighted by molar-refractivity contribution is -0.137. The molecule has 88 valence electrons. The Hall–Kier alpha value is -0.830. The number of nitrogens with zero attached hydrogens (tertiary/aromatic N) is 1. The van der Waals surface area contributed by atoms with Crippen molar-refractivity contribution in [1.29, 1.82) is 0 Å². The van der Waals surface area contributed by atoms with Crippen LogP contribution >= 0.6 is 0 Å². The van der Waals surface area contributed by atoms with Gasteiger partial charge in [0.25, 0.3) is 0 Å². The Bertz CT molecular complexity index is 202. The van der Waals surface area contributed by atoms with Crippen molar-refractivity contribution in [2.24, 2.45) is 0 Å². The molecule has 1 atom stereocenters. The summed E-state index contributed by atoms with van der Waals surface area (Å²) in [6.07, 6.45) is 4.50. The Morgan fingerprint density at radius 2 is 2.07 bits per heavy atom. The number of carbonyl (C=O) groups excluding carboxylic acids is 1. The Morgan fingerprint density at radius 1 is 1.40 bits per heavy atom. The van der Waals surface area contributed by atoms with Crippen LogP contribution in [0.4, 0.5) is 0 Å². The molecule has 0 amide bonds. The zero-order valence-corrected chi connectivity index (χ0v) is 10.3. The molecule has 0 aliphatic carbocycles. The van der Waals surface area contributed by atoms with Crippen LogP contribution in [0.25, 0.3) is 0 Å². The molecule has 3 heteroatoms. The van der Waals surface area contributed by atoms with E-state index in [1.807, 2.05) is 13.0 Å². The summed E-state index contributed by atoms with van der Waals surface area (Å²) in [5.41, 5.74) is 0. The van der Waals surface area contributed by atoms with Gasteiger partial charge in [0.1, 0.15) is 0 Å². The molecule has 0 saturated carbocycles. The van der Waals surface area contributed by atoms with Gasteiger partial charge in [0.15, 0.2) is 0 Å². The fraction of sp³-hybridized carbons (Fsp3) is 0.750. The lowest BCUT2D eigenvalue weighted by Crippen LogP contribution is -2.32. The maximum absolute atomic E-state index is 11.0. The molecule has 0 spiro atoms. The third-order valence-electron chi connectivity index (χ3n) is 2.50. The average Bonchev–Trinajstić information content (AvgIpc) is 2.24. The van der Waals surface area contributed by atoms with Gasteiger partial charge in [-0.15, -0.1) is 0 Å². The third kappa shape index (κ3) is 6.28. The number of esters is 1. The van der Waals surface area contributed by atoms with E-state index < -0.39 is 0 Å². The number of carbonyl (C=O) groups is 1. The number of ether oxygens (including phenoxy) is 1. The fourth-order valence-corrected chi connectivity index (χ4v) is 1.35. The van der Waals surface area contributed by atoms with Crippen LogP contribution < -0.4 is 0 Å². The Balaban J connectivity index is 3.94. The minimum Gasteiger partial charge on any atom is -0.463 e. The third-order valence-corrected chi connectivity index (χ3v) is 2.50. The van der Waals surface area contributed by atoms with E-state index in [1.165, 1.54) is 6.08 Å². The smallest absolute Gasteiger partial charge is 0.330 e. The van der Waals surface area contributed by atoms with Crippen LogP contribution in [0.1, 0.15) is 34.1 Å². The SMILES string of the molecule is CCOC(=O)/C=C/CN(CC)C(C)CC. The molecular formula is C12H23NO2. The molecule has 0 aromatic heterocycles. The highest BCUT2D eigenvalue weighted by Gasteiger charge is 2.07. The van der Waals surface area contributed by atoms with Gasteiger partial charge in [0.05, 0.1) is 6.61 Å². The molecule has 0 saturated heterocycles. The molecule has 0 bridgehead atoms. The highest BCUT2D eigenvalue weighted by Crippen LogP contribution is 2.02. The number of likely N-dealkylation sites (N-methyl/N-ethyl adjacent to an activating group) is 1. The molecule has 0 radical (unpaired) electrons. The topological polar surface area (TPSA) is 29.5 Å². The van der Waals surface area contributed by atoms with Gasteiger partial charge >= 0.3 is 5.97 Å². The summed E-state index contributed by atoms with van der Waals surface area (Å²) in [6.45, 7) is 10.6. The van der Waals surface area contributed by atoms with Crippen LogP contribution in [0.5, 0.6) is 0 Å². The number of rotatable bonds is 7. The maximum Gasteiger partial charge on any atom is 0.330 e. The standard InChI is InChI=1S/C12H23NO2/c1-5-11(4)13(6-2)10-8-9-12(14)15-7-3/h8-9,11H,5-7,10H2,1-4H3/b9-8+. The second-order valence-corrected chi connectivity index (χ2v) is 3.50. The minimum atomic E-state index is -0.252. The molecule has 0 aliphatic heterocycles. The van der Waals surface area contributed by atoms with Gasteiger partial charge in [-0.3, -0.25) is 4.90 Å². The predicted molar refractivity (Wildman–Crippen MR) is 62.8 cm³/mol. The summed E-state index contributed by atoms with van der Waals surface area (Å²) >= 11 is 0. The monoisotopic (exact) mass is 213 g/mol. The summed E-state index contributed by atoms with van der Waals surface area (Å²) in [4.78, 5) is 13.3. The van der Waals surface area contributed by atoms with Gasteiger partial charge in [-0.1, -0.05) is 19.9 Å². The van der Waals surface area contributed by atoms with E-state index >= 15 is 0 Å². The lowest BCUT2D eigenvalue weighted by Gasteiger charge is -2.25. The number of hydrogen-bond donors (Lipinski definition) is 0. The van der Waals surface area contributed by atoms with Gasteiger partial charge in [0.2, 0.25) is 0 Å². The van der Waals surface area contributed by atoms with Crippen molar-refractivity contribution in [2.45, 2.75) is 40.2 Å². The predicted octanol–water partition coefficient (Wildman–Crippen LogP) is 2.23. The molecule has 15 heavy (non-hydrogen) atoms. The van der Waals surface area contributed by atoms with Gasteiger partial charge in [-0.05, 0) is 26.8 Å². The van der Waals surface area contributed by atoms with E-state index in [2.05, 4.69) is 25.7 Å². The largest absolute Gasteiger partial charge is 0.463 e. The van der Waals surface area contributed by atoms with Crippen LogP contribution in [0, 0.1) is 0 Å². The van der Waals surface area contributed by atoms with Gasteiger partial charge in [0, 0.05) is 18.7 Å². The second kappa shape index (κ2) is 8.48. The van der Waals surface area contributed by atoms with Crippen LogP contribution in [-0.4, -0.2) is 36.6 Å². The van der Waals surface area contributed by atoms with Crippen molar-refractivity contribution in [3.05, 3.63) is 12.2 Å². The first kappa shape index (κ1) is 14.2. The summed E-state index contributed by atoms with van der Waals surface area (Å²) < 4.78 is 4.80. The first-order valence-electron chi connectivity index (χ1n) is 5.72. The minimum absolute atomic E-state index is 0.252. The van der Waals surface area contributed by atoms with Crippen molar-refractivity contribution in [2.75, 3.05) is 19.7 Å². The number of hydrogen-bond acceptors (Lipinski definition) is 3. The quantitative estimate of drug-likeness (QED) is 0.480. The molecule has 0 aromatic rings. The van der Waals surface area contributed by atoms with Crippen molar-refractivity contribution in [1.82, 2.24) is 4.90 Å². The van der Waals surface area contributed by atoms with E-state index in [0.29, 0.717) is 12.6 Å². The van der Waals surface area contributed by atoms with Crippen LogP contribution in [0.2, 0.25) is 0 Å². The van der Waals surface area contributed by atoms with Crippen molar-refractivity contribution in [3.63, 3.8) is 0 Å². The molecule has 0 fully saturated rings. The molecule has 3 nitrogen and oxygen atoms in total. The molecule has 1 unspecified atom stereocenters. The highest BCUT2D eigenvalue weighted by molar-refractivity contribution is 5.81. The van der Waals surface area contributed by atoms with Gasteiger partial charge in [-0.25, -0.2) is 4.79 Å². The van der Waals surface area contributed by atoms with Crippen molar-refractivity contribution in [3.8, 4) is 0 Å². The van der Waals surface area contributed by atoms with E-state index in [0.717, 1.165) is 19.5 Å². The zero-order valence-electron chi connectivity index (χ0n) is 10.3. The average molecular weight is 213 g/mol. The van der Waals surface area contributed by atoms with Crippen molar-refractivity contribution >= 4 is 5.97 Å². The molecule has 0 heterocycles. The van der Waals surface area contributed by atoms with E-state index in [-0.39, 0.29) is 5.97 Å². The second-order valence-electron chi connectivity index (χ2n) is 3.50. The summed E-state index contributed by atoms with van der Waals surface area (Å²) in [6, 6.07) is 0.557. The normalized spacial score (nSPS) is 13.4. The highest BCUT2D eigenvalue weighted by atomic mass is 16.5. The zero-order chi connectivity index (χ0) is 11.7. The fourth-order valence-electron chi connectivity index (χ4n) is 1.35. The molecule has 0 aromatic carbocycles. The van der Waals surface area contributed by atoms with Crippen molar-refractivity contribution < 1.29 is 9.53 Å². The molecular weight excluding hydrogens is 190 g/mol. The van der Waals surface area contributed by atoms with Crippen LogP contribution in [-0.2, 0) is 9.53 Å². The molecule has 0 N–H and O–H groups in total. The van der Waals surface area contributed by atoms with Gasteiger partial charge < -0.3 is 4.74 Å². The van der Waals surface area contributed by atoms with E-state index in [1.54, 1.807) is 0 Å². The summed E-state index contributed by atoms with van der Waals surface area (Å²) in [7, 11) is 0. The van der Waals surface area contributed by atoms with E-state index in [4.69, 9.17) is 4.74 Å². The molecule has 0 rings (SSSR count). The first-order valence-corrected chi connectivity index (χ1v) is 5.72. The maximum atomic E-state index is 11.0. The summed E-state index contributed by atoms with van der Waals surface area (Å²) in [5, 5.41) is 0. The summed E-state index contributed by atoms with van der Waals surface area (Å²) in [5.74, 6) is -0.252. The lowest BCUT2D eigenvalue weighted by atomic mass is 10.2. The Labute approximate surface area is 93.1 Å². The first-order chi connectivity index (χ1) is 7.15.